The lowest BCUT2D eigenvalue weighted by Gasteiger charge is -2.11. The van der Waals surface area contributed by atoms with Gasteiger partial charge >= 0.3 is 0 Å². The zero-order valence-electron chi connectivity index (χ0n) is 11.6. The maximum Gasteiger partial charge on any atom is 0.153 e. The van der Waals surface area contributed by atoms with Gasteiger partial charge in [0, 0.05) is 18.2 Å². The van der Waals surface area contributed by atoms with Crippen LogP contribution in [-0.2, 0) is 6.54 Å². The Morgan fingerprint density at radius 3 is 2.80 bits per heavy atom. The van der Waals surface area contributed by atoms with E-state index in [0.717, 1.165) is 27.0 Å². The third-order valence-electron chi connectivity index (χ3n) is 2.81. The number of nitrogens with zero attached hydrogens (tertiary/aromatic N) is 1. The lowest BCUT2D eigenvalue weighted by Crippen LogP contribution is -2.01. The highest BCUT2D eigenvalue weighted by Crippen LogP contribution is 2.35. The number of benzene rings is 1. The fourth-order valence-electron chi connectivity index (χ4n) is 1.78. The van der Waals surface area contributed by atoms with Crippen molar-refractivity contribution in [3.05, 3.63) is 23.8 Å². The SMILES string of the molecule is COc1ccc(CNc2snc(N)c2SC)c(OC)c1. The molecule has 2 rings (SSSR count). The van der Waals surface area contributed by atoms with Crippen molar-refractivity contribution >= 4 is 34.1 Å². The third kappa shape index (κ3) is 3.10. The van der Waals surface area contributed by atoms with Crippen LogP contribution in [0.25, 0.3) is 0 Å². The van der Waals surface area contributed by atoms with Crippen molar-refractivity contribution in [2.75, 3.05) is 31.5 Å². The first-order valence-corrected chi connectivity index (χ1v) is 7.93. The minimum absolute atomic E-state index is 0.576. The van der Waals surface area contributed by atoms with Crippen LogP contribution < -0.4 is 20.5 Å². The number of anilines is 2. The molecule has 0 radical (unpaired) electrons. The summed E-state index contributed by atoms with van der Waals surface area (Å²) >= 11 is 2.96. The number of hydrogen-bond donors (Lipinski definition) is 2. The van der Waals surface area contributed by atoms with Crippen molar-refractivity contribution < 1.29 is 9.47 Å². The van der Waals surface area contributed by atoms with E-state index in [2.05, 4.69) is 9.69 Å². The van der Waals surface area contributed by atoms with Gasteiger partial charge in [0.05, 0.1) is 19.1 Å². The van der Waals surface area contributed by atoms with Crippen molar-refractivity contribution in [1.82, 2.24) is 4.37 Å². The van der Waals surface area contributed by atoms with E-state index in [1.807, 2.05) is 24.5 Å². The first-order valence-electron chi connectivity index (χ1n) is 5.93. The number of ether oxygens (including phenoxy) is 2. The third-order valence-corrected chi connectivity index (χ3v) is 4.58. The van der Waals surface area contributed by atoms with Gasteiger partial charge < -0.3 is 20.5 Å². The van der Waals surface area contributed by atoms with Gasteiger partial charge in [0.2, 0.25) is 0 Å². The molecule has 108 valence electrons. The number of nitrogens with one attached hydrogen (secondary N) is 1. The summed E-state index contributed by atoms with van der Waals surface area (Å²) in [4.78, 5) is 0.988. The number of hydrogen-bond acceptors (Lipinski definition) is 7. The van der Waals surface area contributed by atoms with Crippen molar-refractivity contribution in [3.8, 4) is 11.5 Å². The van der Waals surface area contributed by atoms with Crippen LogP contribution in [0, 0.1) is 0 Å². The van der Waals surface area contributed by atoms with Gasteiger partial charge in [0.15, 0.2) is 5.82 Å². The molecule has 0 fully saturated rings. The molecular formula is C13H17N3O2S2. The van der Waals surface area contributed by atoms with Gasteiger partial charge in [-0.25, -0.2) is 0 Å². The van der Waals surface area contributed by atoms with Gasteiger partial charge in [-0.15, -0.1) is 11.8 Å². The van der Waals surface area contributed by atoms with Gasteiger partial charge in [-0.3, -0.25) is 0 Å². The highest BCUT2D eigenvalue weighted by molar-refractivity contribution is 7.99. The molecule has 7 heteroatoms. The van der Waals surface area contributed by atoms with E-state index in [9.17, 15) is 0 Å². The predicted molar refractivity (Wildman–Crippen MR) is 85.2 cm³/mol. The molecule has 0 aliphatic carbocycles. The molecule has 3 N–H and O–H groups in total. The van der Waals surface area contributed by atoms with Crippen LogP contribution in [0.1, 0.15) is 5.56 Å². The Hall–Kier alpha value is -1.60. The van der Waals surface area contributed by atoms with Crippen molar-refractivity contribution in [2.24, 2.45) is 0 Å². The second kappa shape index (κ2) is 6.71. The maximum absolute atomic E-state index is 5.81. The summed E-state index contributed by atoms with van der Waals surface area (Å²) in [5.74, 6) is 2.14. The summed E-state index contributed by atoms with van der Waals surface area (Å²) in [7, 11) is 3.29. The molecule has 1 aromatic heterocycles. The highest BCUT2D eigenvalue weighted by Gasteiger charge is 2.11. The molecule has 1 heterocycles. The molecule has 0 spiro atoms. The van der Waals surface area contributed by atoms with E-state index in [1.54, 1.807) is 26.0 Å². The van der Waals surface area contributed by atoms with Crippen molar-refractivity contribution in [1.29, 1.82) is 0 Å². The summed E-state index contributed by atoms with van der Waals surface area (Å²) in [5.41, 5.74) is 6.86. The first kappa shape index (κ1) is 14.8. The Labute approximate surface area is 126 Å². The standard InChI is InChI=1S/C13H17N3O2S2/c1-17-9-5-4-8(10(6-9)18-2)7-15-13-11(19-3)12(14)16-20-13/h4-6,15H,7H2,1-3H3,(H2,14,16). The molecule has 5 nitrogen and oxygen atoms in total. The maximum atomic E-state index is 5.81. The molecule has 0 amide bonds. The lowest BCUT2D eigenvalue weighted by atomic mass is 10.2. The minimum Gasteiger partial charge on any atom is -0.497 e. The van der Waals surface area contributed by atoms with Crippen molar-refractivity contribution in [2.45, 2.75) is 11.4 Å². The number of thioether (sulfide) groups is 1. The summed E-state index contributed by atoms with van der Waals surface area (Å²) in [6.45, 7) is 0.641. The Balaban J connectivity index is 2.14. The van der Waals surface area contributed by atoms with Gasteiger partial charge in [-0.05, 0) is 29.9 Å². The average molecular weight is 311 g/mol. The molecular weight excluding hydrogens is 294 g/mol. The van der Waals surface area contributed by atoms with Crippen LogP contribution in [0.3, 0.4) is 0 Å². The fourth-order valence-corrected chi connectivity index (χ4v) is 3.31. The zero-order valence-corrected chi connectivity index (χ0v) is 13.2. The Morgan fingerprint density at radius 1 is 1.35 bits per heavy atom. The Morgan fingerprint density at radius 2 is 2.15 bits per heavy atom. The zero-order chi connectivity index (χ0) is 14.5. The average Bonchev–Trinajstić information content (AvgIpc) is 2.84. The van der Waals surface area contributed by atoms with Crippen LogP contribution in [0.4, 0.5) is 10.8 Å². The van der Waals surface area contributed by atoms with Gasteiger partial charge in [0.25, 0.3) is 0 Å². The molecule has 0 aliphatic rings. The summed E-state index contributed by atoms with van der Waals surface area (Å²) < 4.78 is 14.7. The van der Waals surface area contributed by atoms with Crippen molar-refractivity contribution in [3.63, 3.8) is 0 Å². The second-order valence-corrected chi connectivity index (χ2v) is 5.55. The number of nitrogens with two attached hydrogens (primary N) is 1. The van der Waals surface area contributed by atoms with E-state index >= 15 is 0 Å². The summed E-state index contributed by atoms with van der Waals surface area (Å²) in [6.07, 6.45) is 1.99. The molecule has 2 aromatic rings. The molecule has 0 saturated carbocycles. The van der Waals surface area contributed by atoms with Crippen LogP contribution in [0.15, 0.2) is 23.1 Å². The molecule has 0 aliphatic heterocycles. The normalized spacial score (nSPS) is 10.3. The number of methoxy groups -OCH3 is 2. The van der Waals surface area contributed by atoms with Gasteiger partial charge in [0.1, 0.15) is 16.5 Å². The predicted octanol–water partition coefficient (Wildman–Crippen LogP) is 3.08. The molecule has 0 saturated heterocycles. The largest absolute Gasteiger partial charge is 0.497 e. The van der Waals surface area contributed by atoms with Crippen LogP contribution in [0.2, 0.25) is 0 Å². The van der Waals surface area contributed by atoms with E-state index < -0.39 is 0 Å². The number of rotatable bonds is 6. The van der Waals surface area contributed by atoms with Crippen LogP contribution >= 0.6 is 23.3 Å². The van der Waals surface area contributed by atoms with Gasteiger partial charge in [-0.2, -0.15) is 4.37 Å². The quantitative estimate of drug-likeness (QED) is 0.799. The number of aromatic nitrogens is 1. The topological polar surface area (TPSA) is 69.4 Å². The van der Waals surface area contributed by atoms with E-state index in [1.165, 1.54) is 11.5 Å². The molecule has 1 aromatic carbocycles. The molecule has 0 unspecified atom stereocenters. The first-order chi connectivity index (χ1) is 9.69. The lowest BCUT2D eigenvalue weighted by molar-refractivity contribution is 0.391. The van der Waals surface area contributed by atoms with E-state index in [0.29, 0.717) is 12.4 Å². The molecule has 0 bridgehead atoms. The number of nitrogen functional groups attached to an aromatic ring is 1. The van der Waals surface area contributed by atoms with E-state index in [-0.39, 0.29) is 0 Å². The summed E-state index contributed by atoms with van der Waals surface area (Å²) in [6, 6.07) is 5.76. The smallest absolute Gasteiger partial charge is 0.153 e. The highest BCUT2D eigenvalue weighted by atomic mass is 32.2. The molecule has 0 atom stereocenters. The monoisotopic (exact) mass is 311 g/mol. The van der Waals surface area contributed by atoms with Crippen LogP contribution in [0.5, 0.6) is 11.5 Å². The Bertz CT molecular complexity index is 587. The van der Waals surface area contributed by atoms with Gasteiger partial charge in [-0.1, -0.05) is 0 Å². The Kier molecular flexibility index (Phi) is 4.97. The second-order valence-electron chi connectivity index (χ2n) is 3.96. The summed E-state index contributed by atoms with van der Waals surface area (Å²) in [5, 5.41) is 4.33. The fraction of sp³-hybridized carbons (Fsp3) is 0.308. The van der Waals surface area contributed by atoms with E-state index in [4.69, 9.17) is 15.2 Å². The van der Waals surface area contributed by atoms with Crippen LogP contribution in [-0.4, -0.2) is 24.8 Å². The minimum atomic E-state index is 0.576. The molecule has 20 heavy (non-hydrogen) atoms.